The summed E-state index contributed by atoms with van der Waals surface area (Å²) in [7, 11) is 0. The van der Waals surface area contributed by atoms with Crippen LogP contribution in [0.25, 0.3) is 0 Å². The minimum Gasteiger partial charge on any atom is -0.550 e. The van der Waals surface area contributed by atoms with Gasteiger partial charge in [0.1, 0.15) is 6.61 Å². The maximum Gasteiger partial charge on any atom is 0.310 e. The molecule has 20 heavy (non-hydrogen) atoms. The van der Waals surface area contributed by atoms with E-state index in [2.05, 4.69) is 0 Å². The third kappa shape index (κ3) is 2.22. The number of carbonyl (C=O) groups is 2. The number of carboxylic acid groups (broad SMARTS) is 1. The minimum atomic E-state index is -1.15. The van der Waals surface area contributed by atoms with Crippen molar-refractivity contribution in [1.29, 1.82) is 0 Å². The van der Waals surface area contributed by atoms with Crippen LogP contribution in [-0.4, -0.2) is 11.9 Å². The van der Waals surface area contributed by atoms with Gasteiger partial charge in [-0.3, -0.25) is 4.79 Å². The fourth-order valence-electron chi connectivity index (χ4n) is 3.29. The van der Waals surface area contributed by atoms with Crippen LogP contribution in [0.2, 0.25) is 0 Å². The Morgan fingerprint density at radius 1 is 1.10 bits per heavy atom. The summed E-state index contributed by atoms with van der Waals surface area (Å²) in [5.74, 6) is -3.03. The molecular formula is C16H15O4-. The first-order valence-corrected chi connectivity index (χ1v) is 6.76. The maximum absolute atomic E-state index is 12.2. The van der Waals surface area contributed by atoms with Gasteiger partial charge in [-0.25, -0.2) is 0 Å². The number of allylic oxidation sites excluding steroid dienone is 2. The molecule has 3 rings (SSSR count). The van der Waals surface area contributed by atoms with Crippen molar-refractivity contribution in [2.75, 3.05) is 0 Å². The summed E-state index contributed by atoms with van der Waals surface area (Å²) in [6, 6.07) is 9.35. The number of hydrogen-bond acceptors (Lipinski definition) is 4. The molecule has 4 nitrogen and oxygen atoms in total. The second kappa shape index (κ2) is 5.12. The zero-order valence-corrected chi connectivity index (χ0v) is 10.9. The third-order valence-corrected chi connectivity index (χ3v) is 4.23. The van der Waals surface area contributed by atoms with E-state index in [-0.39, 0.29) is 18.4 Å². The van der Waals surface area contributed by atoms with Crippen molar-refractivity contribution >= 4 is 11.9 Å². The Balaban J connectivity index is 1.68. The van der Waals surface area contributed by atoms with Gasteiger partial charge in [0.15, 0.2) is 0 Å². The Bertz CT molecular complexity index is 549. The third-order valence-electron chi connectivity index (χ3n) is 4.23. The largest absolute Gasteiger partial charge is 0.550 e. The average Bonchev–Trinajstić information content (AvgIpc) is 3.06. The molecule has 0 aromatic heterocycles. The van der Waals surface area contributed by atoms with E-state index in [1.165, 1.54) is 0 Å². The van der Waals surface area contributed by atoms with E-state index in [1.807, 2.05) is 42.5 Å². The minimum absolute atomic E-state index is 0.0221. The number of ether oxygens (including phenoxy) is 1. The first-order valence-electron chi connectivity index (χ1n) is 6.76. The highest BCUT2D eigenvalue weighted by molar-refractivity contribution is 5.82. The molecule has 2 aliphatic carbocycles. The zero-order chi connectivity index (χ0) is 14.1. The molecule has 0 aliphatic heterocycles. The van der Waals surface area contributed by atoms with Crippen LogP contribution in [-0.2, 0) is 20.9 Å². The summed E-state index contributed by atoms with van der Waals surface area (Å²) in [6.07, 6.45) is 4.52. The van der Waals surface area contributed by atoms with Crippen LogP contribution in [0.5, 0.6) is 0 Å². The number of carboxylic acids is 1. The average molecular weight is 271 g/mol. The molecule has 1 saturated carbocycles. The van der Waals surface area contributed by atoms with E-state index in [9.17, 15) is 14.7 Å². The van der Waals surface area contributed by atoms with Gasteiger partial charge >= 0.3 is 5.97 Å². The molecule has 4 heteroatoms. The summed E-state index contributed by atoms with van der Waals surface area (Å²) >= 11 is 0. The van der Waals surface area contributed by atoms with Gasteiger partial charge in [0.05, 0.1) is 5.92 Å². The molecule has 104 valence electrons. The zero-order valence-electron chi connectivity index (χ0n) is 10.9. The quantitative estimate of drug-likeness (QED) is 0.603. The van der Waals surface area contributed by atoms with E-state index < -0.39 is 23.8 Å². The van der Waals surface area contributed by atoms with E-state index in [1.54, 1.807) is 0 Å². The predicted octanol–water partition coefficient (Wildman–Crippen LogP) is 0.918. The molecule has 4 atom stereocenters. The number of rotatable bonds is 4. The van der Waals surface area contributed by atoms with E-state index in [0.29, 0.717) is 6.42 Å². The molecule has 0 radical (unpaired) electrons. The molecule has 0 heterocycles. The molecule has 0 N–H and O–H groups in total. The number of esters is 1. The smallest absolute Gasteiger partial charge is 0.310 e. The van der Waals surface area contributed by atoms with Crippen molar-refractivity contribution < 1.29 is 19.4 Å². The molecule has 0 saturated heterocycles. The van der Waals surface area contributed by atoms with Crippen LogP contribution in [0.4, 0.5) is 0 Å². The van der Waals surface area contributed by atoms with Crippen LogP contribution < -0.4 is 5.11 Å². The van der Waals surface area contributed by atoms with Crippen LogP contribution in [0, 0.1) is 23.7 Å². The molecule has 1 aromatic carbocycles. The number of fused-ring (bicyclic) bond motifs is 2. The Labute approximate surface area is 117 Å². The van der Waals surface area contributed by atoms with Crippen LogP contribution in [0.15, 0.2) is 42.5 Å². The standard InChI is InChI=1S/C16H16O4/c17-15(18)13-11-6-7-12(8-11)14(13)16(19)20-9-10-4-2-1-3-5-10/h1-7,11-14H,8-9H2,(H,17,18)/p-1/t11-,12-,13+,14-/m1/s1. The SMILES string of the molecule is O=C([O-])[C@@H]1[C@H](C(=O)OCc2ccccc2)[C@@H]2C=C[C@@H]1C2. The fourth-order valence-corrected chi connectivity index (χ4v) is 3.29. The monoisotopic (exact) mass is 271 g/mol. The van der Waals surface area contributed by atoms with Gasteiger partial charge in [0, 0.05) is 11.9 Å². The lowest BCUT2D eigenvalue weighted by atomic mass is 9.83. The summed E-state index contributed by atoms with van der Waals surface area (Å²) in [6.45, 7) is 0.178. The van der Waals surface area contributed by atoms with Crippen molar-refractivity contribution in [3.63, 3.8) is 0 Å². The lowest BCUT2D eigenvalue weighted by Gasteiger charge is -2.27. The van der Waals surface area contributed by atoms with Gasteiger partial charge < -0.3 is 14.6 Å². The molecule has 2 bridgehead atoms. The molecule has 1 fully saturated rings. The topological polar surface area (TPSA) is 66.4 Å². The van der Waals surface area contributed by atoms with Gasteiger partial charge in [-0.2, -0.15) is 0 Å². The number of aliphatic carboxylic acids is 1. The highest BCUT2D eigenvalue weighted by Crippen LogP contribution is 2.48. The lowest BCUT2D eigenvalue weighted by molar-refractivity contribution is -0.314. The van der Waals surface area contributed by atoms with E-state index >= 15 is 0 Å². The molecule has 2 aliphatic rings. The number of benzene rings is 1. The first kappa shape index (κ1) is 12.9. The van der Waals surface area contributed by atoms with Crippen molar-refractivity contribution in [1.82, 2.24) is 0 Å². The highest BCUT2D eigenvalue weighted by atomic mass is 16.5. The van der Waals surface area contributed by atoms with Crippen molar-refractivity contribution in [3.8, 4) is 0 Å². The maximum atomic E-state index is 12.2. The van der Waals surface area contributed by atoms with Crippen molar-refractivity contribution in [2.24, 2.45) is 23.7 Å². The van der Waals surface area contributed by atoms with E-state index in [4.69, 9.17) is 4.74 Å². The van der Waals surface area contributed by atoms with Gasteiger partial charge in [-0.15, -0.1) is 0 Å². The second-order valence-electron chi connectivity index (χ2n) is 5.41. The normalized spacial score (nSPS) is 30.4. The summed E-state index contributed by atoms with van der Waals surface area (Å²) in [4.78, 5) is 23.4. The number of carbonyl (C=O) groups excluding carboxylic acids is 2. The molecular weight excluding hydrogens is 256 g/mol. The van der Waals surface area contributed by atoms with E-state index in [0.717, 1.165) is 5.56 Å². The van der Waals surface area contributed by atoms with Gasteiger partial charge in [-0.1, -0.05) is 42.5 Å². The fraction of sp³-hybridized carbons (Fsp3) is 0.375. The Kier molecular flexibility index (Phi) is 3.30. The van der Waals surface area contributed by atoms with Crippen LogP contribution in [0.3, 0.4) is 0 Å². The summed E-state index contributed by atoms with van der Waals surface area (Å²) in [5, 5.41) is 11.2. The van der Waals surface area contributed by atoms with Crippen LogP contribution in [0.1, 0.15) is 12.0 Å². The molecule has 0 unspecified atom stereocenters. The predicted molar refractivity (Wildman–Crippen MR) is 69.0 cm³/mol. The van der Waals surface area contributed by atoms with Crippen molar-refractivity contribution in [2.45, 2.75) is 13.0 Å². The molecule has 0 spiro atoms. The van der Waals surface area contributed by atoms with Crippen molar-refractivity contribution in [3.05, 3.63) is 48.0 Å². The van der Waals surface area contributed by atoms with Crippen LogP contribution >= 0.6 is 0 Å². The number of hydrogen-bond donors (Lipinski definition) is 0. The Hall–Kier alpha value is -2.10. The van der Waals surface area contributed by atoms with Gasteiger partial charge in [-0.05, 0) is 23.8 Å². The molecule has 1 aromatic rings. The Morgan fingerprint density at radius 2 is 1.75 bits per heavy atom. The highest BCUT2D eigenvalue weighted by Gasteiger charge is 2.49. The molecule has 0 amide bonds. The first-order chi connectivity index (χ1) is 9.66. The second-order valence-corrected chi connectivity index (χ2v) is 5.41. The lowest BCUT2D eigenvalue weighted by Crippen LogP contribution is -2.41. The van der Waals surface area contributed by atoms with Gasteiger partial charge in [0.25, 0.3) is 0 Å². The Morgan fingerprint density at radius 3 is 2.40 bits per heavy atom. The summed E-state index contributed by atoms with van der Waals surface area (Å²) < 4.78 is 5.28. The summed E-state index contributed by atoms with van der Waals surface area (Å²) in [5.41, 5.74) is 0.893. The van der Waals surface area contributed by atoms with Gasteiger partial charge in [0.2, 0.25) is 0 Å².